The highest BCUT2D eigenvalue weighted by molar-refractivity contribution is 5.91. The Morgan fingerprint density at radius 3 is 1.80 bits per heavy atom. The van der Waals surface area contributed by atoms with Gasteiger partial charge in [0, 0.05) is 18.5 Å². The Labute approximate surface area is 150 Å². The third-order valence-electron chi connectivity index (χ3n) is 3.15. The SMILES string of the molecule is C=C(C)C(=O)NCCC[N+](C)(C)CCC(=O)O.C[N+](C)(C)CC(=O)O. The smallest absolute Gasteiger partial charge is 0.359 e. The lowest BCUT2D eigenvalue weighted by Gasteiger charge is -2.29. The molecule has 0 radical (unpaired) electrons. The lowest BCUT2D eigenvalue weighted by atomic mass is 10.3. The Balaban J connectivity index is 0. The minimum Gasteiger partial charge on any atom is -0.481 e. The largest absolute Gasteiger partial charge is 0.481 e. The molecule has 0 unspecified atom stereocenters. The molecule has 8 heteroatoms. The molecule has 0 aliphatic heterocycles. The van der Waals surface area contributed by atoms with Crippen LogP contribution < -0.4 is 5.32 Å². The van der Waals surface area contributed by atoms with Crippen molar-refractivity contribution in [2.45, 2.75) is 19.8 Å². The number of nitrogens with zero attached hydrogens (tertiary/aromatic N) is 2. The fourth-order valence-corrected chi connectivity index (χ4v) is 1.78. The van der Waals surface area contributed by atoms with Crippen LogP contribution in [0, 0.1) is 0 Å². The van der Waals surface area contributed by atoms with Crippen molar-refractivity contribution >= 4 is 17.8 Å². The van der Waals surface area contributed by atoms with Gasteiger partial charge in [0.15, 0.2) is 6.54 Å². The summed E-state index contributed by atoms with van der Waals surface area (Å²) in [4.78, 5) is 31.7. The van der Waals surface area contributed by atoms with Crippen molar-refractivity contribution in [3.63, 3.8) is 0 Å². The zero-order chi connectivity index (χ0) is 20.3. The first-order valence-corrected chi connectivity index (χ1v) is 8.16. The normalized spacial score (nSPS) is 11.1. The second-order valence-corrected chi connectivity index (χ2v) is 7.76. The third kappa shape index (κ3) is 20.0. The van der Waals surface area contributed by atoms with Crippen molar-refractivity contribution in [3.05, 3.63) is 12.2 Å². The standard InChI is InChI=1S/C12H22N2O3.C5H11NO2/c1-10(2)12(17)13-7-5-8-14(3,4)9-6-11(15)16;1-6(2,3)4-5(7)8/h1,5-9H2,2-4H3,(H-,13,15,16,17);4H2,1-3H3/p+2. The number of quaternary nitrogens is 2. The van der Waals surface area contributed by atoms with E-state index in [1.165, 1.54) is 0 Å². The predicted octanol–water partition coefficient (Wildman–Crippen LogP) is 0.397. The number of carbonyl (C=O) groups excluding carboxylic acids is 1. The minimum atomic E-state index is -0.771. The molecule has 0 aromatic carbocycles. The van der Waals surface area contributed by atoms with Gasteiger partial charge in [-0.3, -0.25) is 9.59 Å². The van der Waals surface area contributed by atoms with E-state index in [9.17, 15) is 14.4 Å². The molecule has 0 aliphatic rings. The first-order valence-electron chi connectivity index (χ1n) is 8.16. The summed E-state index contributed by atoms with van der Waals surface area (Å²) in [5, 5.41) is 19.6. The zero-order valence-electron chi connectivity index (χ0n) is 16.5. The van der Waals surface area contributed by atoms with Crippen LogP contribution in [0.15, 0.2) is 12.2 Å². The van der Waals surface area contributed by atoms with Crippen LogP contribution in [0.2, 0.25) is 0 Å². The van der Waals surface area contributed by atoms with E-state index in [4.69, 9.17) is 10.2 Å². The topological polar surface area (TPSA) is 104 Å². The Morgan fingerprint density at radius 2 is 1.48 bits per heavy atom. The molecule has 146 valence electrons. The zero-order valence-corrected chi connectivity index (χ0v) is 16.5. The average molecular weight is 361 g/mol. The third-order valence-corrected chi connectivity index (χ3v) is 3.15. The Hall–Kier alpha value is -1.93. The van der Waals surface area contributed by atoms with E-state index in [1.54, 1.807) is 6.92 Å². The number of hydrogen-bond donors (Lipinski definition) is 3. The van der Waals surface area contributed by atoms with E-state index in [2.05, 4.69) is 11.9 Å². The van der Waals surface area contributed by atoms with Crippen LogP contribution in [0.1, 0.15) is 19.8 Å². The van der Waals surface area contributed by atoms with Gasteiger partial charge in [-0.25, -0.2) is 4.79 Å². The maximum atomic E-state index is 11.2. The van der Waals surface area contributed by atoms with Crippen molar-refractivity contribution < 1.29 is 33.6 Å². The minimum absolute atomic E-state index is 0.124. The summed E-state index contributed by atoms with van der Waals surface area (Å²) in [6.45, 7) is 7.44. The molecule has 0 saturated heterocycles. The predicted molar refractivity (Wildman–Crippen MR) is 97.1 cm³/mol. The van der Waals surface area contributed by atoms with Gasteiger partial charge in [0.25, 0.3) is 0 Å². The number of rotatable bonds is 10. The molecule has 1 amide bonds. The van der Waals surface area contributed by atoms with E-state index < -0.39 is 11.9 Å². The van der Waals surface area contributed by atoms with Crippen LogP contribution in [0.4, 0.5) is 0 Å². The van der Waals surface area contributed by atoms with Crippen LogP contribution in [0.5, 0.6) is 0 Å². The van der Waals surface area contributed by atoms with Crippen LogP contribution in [-0.2, 0) is 14.4 Å². The molecule has 0 spiro atoms. The highest BCUT2D eigenvalue weighted by Gasteiger charge is 2.16. The quantitative estimate of drug-likeness (QED) is 0.297. The number of likely N-dealkylation sites (N-methyl/N-ethyl adjacent to an activating group) is 1. The number of amides is 1. The molecule has 8 nitrogen and oxygen atoms in total. The Kier molecular flexibility index (Phi) is 11.7. The summed E-state index contributed by atoms with van der Waals surface area (Å²) < 4.78 is 1.13. The highest BCUT2D eigenvalue weighted by Crippen LogP contribution is 2.01. The molecule has 0 aromatic heterocycles. The Morgan fingerprint density at radius 1 is 0.960 bits per heavy atom. The van der Waals surface area contributed by atoms with Crippen LogP contribution in [0.25, 0.3) is 0 Å². The number of nitrogens with one attached hydrogen (secondary N) is 1. The maximum Gasteiger partial charge on any atom is 0.359 e. The molecule has 25 heavy (non-hydrogen) atoms. The second kappa shape index (κ2) is 11.6. The summed E-state index contributed by atoms with van der Waals surface area (Å²) in [6.07, 6.45) is 0.997. The summed E-state index contributed by atoms with van der Waals surface area (Å²) in [5.74, 6) is -1.65. The van der Waals surface area contributed by atoms with Crippen LogP contribution in [0.3, 0.4) is 0 Å². The summed E-state index contributed by atoms with van der Waals surface area (Å²) >= 11 is 0. The molecule has 0 bridgehead atoms. The number of aliphatic carboxylic acids is 2. The number of carboxylic acids is 2. The Bertz CT molecular complexity index is 467. The van der Waals surface area contributed by atoms with Gasteiger partial charge in [-0.1, -0.05) is 6.58 Å². The van der Waals surface area contributed by atoms with Crippen LogP contribution >= 0.6 is 0 Å². The summed E-state index contributed by atoms with van der Waals surface area (Å²) in [7, 11) is 9.50. The molecule has 0 rings (SSSR count). The monoisotopic (exact) mass is 361 g/mol. The van der Waals surface area contributed by atoms with E-state index in [0.717, 1.165) is 13.0 Å². The van der Waals surface area contributed by atoms with E-state index in [0.29, 0.717) is 27.6 Å². The maximum absolute atomic E-state index is 11.2. The van der Waals surface area contributed by atoms with Gasteiger partial charge in [-0.15, -0.1) is 0 Å². The summed E-state index contributed by atoms with van der Waals surface area (Å²) in [5.41, 5.74) is 0.504. The van der Waals surface area contributed by atoms with E-state index >= 15 is 0 Å². The molecule has 0 saturated carbocycles. The molecule has 0 aliphatic carbocycles. The van der Waals surface area contributed by atoms with Crippen molar-refractivity contribution in [3.8, 4) is 0 Å². The van der Waals surface area contributed by atoms with Crippen molar-refractivity contribution in [1.29, 1.82) is 0 Å². The van der Waals surface area contributed by atoms with Crippen molar-refractivity contribution in [1.82, 2.24) is 5.32 Å². The lowest BCUT2D eigenvalue weighted by molar-refractivity contribution is -0.889. The first kappa shape index (κ1) is 25.3. The molecule has 3 N–H and O–H groups in total. The molecule has 0 aromatic rings. The fourth-order valence-electron chi connectivity index (χ4n) is 1.78. The fraction of sp³-hybridized carbons (Fsp3) is 0.706. The summed E-state index contributed by atoms with van der Waals surface area (Å²) in [6, 6.07) is 0. The first-order chi connectivity index (χ1) is 11.2. The van der Waals surface area contributed by atoms with Gasteiger partial charge in [0.05, 0.1) is 54.7 Å². The average Bonchev–Trinajstić information content (AvgIpc) is 2.39. The van der Waals surface area contributed by atoms with Gasteiger partial charge in [0.1, 0.15) is 0 Å². The van der Waals surface area contributed by atoms with Gasteiger partial charge in [-0.2, -0.15) is 0 Å². The van der Waals surface area contributed by atoms with Gasteiger partial charge < -0.3 is 24.5 Å². The van der Waals surface area contributed by atoms with E-state index in [-0.39, 0.29) is 18.9 Å². The van der Waals surface area contributed by atoms with E-state index in [1.807, 2.05) is 35.2 Å². The number of carbonyl (C=O) groups is 3. The molecular weight excluding hydrogens is 326 g/mol. The van der Waals surface area contributed by atoms with Gasteiger partial charge >= 0.3 is 11.9 Å². The highest BCUT2D eigenvalue weighted by atomic mass is 16.4. The second-order valence-electron chi connectivity index (χ2n) is 7.76. The lowest BCUT2D eigenvalue weighted by Crippen LogP contribution is -2.43. The van der Waals surface area contributed by atoms with Crippen molar-refractivity contribution in [2.24, 2.45) is 0 Å². The van der Waals surface area contributed by atoms with Crippen LogP contribution in [-0.4, -0.2) is 98.4 Å². The van der Waals surface area contributed by atoms with Gasteiger partial charge in [0.2, 0.25) is 5.91 Å². The van der Waals surface area contributed by atoms with Crippen molar-refractivity contribution in [2.75, 3.05) is 61.4 Å². The molecular formula is C17H35N3O5+2. The molecule has 0 fully saturated rings. The molecule has 0 heterocycles. The van der Waals surface area contributed by atoms with Gasteiger partial charge in [-0.05, 0) is 6.92 Å². The number of hydrogen-bond acceptors (Lipinski definition) is 3. The molecule has 0 atom stereocenters. The number of carboxylic acid groups (broad SMARTS) is 2.